The van der Waals surface area contributed by atoms with Crippen molar-refractivity contribution in [3.05, 3.63) is 35.6 Å². The third kappa shape index (κ3) is 2.67. The maximum Gasteiger partial charge on any atom is 0.123 e. The zero-order chi connectivity index (χ0) is 12.3. The summed E-state index contributed by atoms with van der Waals surface area (Å²) in [4.78, 5) is 0. The maximum absolute atomic E-state index is 13.3. The molecule has 0 aromatic heterocycles. The van der Waals surface area contributed by atoms with Gasteiger partial charge in [-0.15, -0.1) is 0 Å². The van der Waals surface area contributed by atoms with Crippen LogP contribution in [0.4, 0.5) is 4.39 Å². The molecule has 0 bridgehead atoms. The minimum Gasteiger partial charge on any atom is -0.373 e. The van der Waals surface area contributed by atoms with E-state index in [0.717, 1.165) is 25.0 Å². The summed E-state index contributed by atoms with van der Waals surface area (Å²) >= 11 is 0. The van der Waals surface area contributed by atoms with Gasteiger partial charge in [-0.3, -0.25) is 0 Å². The van der Waals surface area contributed by atoms with E-state index in [1.807, 2.05) is 13.1 Å². The van der Waals surface area contributed by atoms with Gasteiger partial charge in [0.2, 0.25) is 0 Å². The molecule has 0 spiro atoms. The fourth-order valence-electron chi connectivity index (χ4n) is 2.69. The molecule has 1 aliphatic heterocycles. The van der Waals surface area contributed by atoms with E-state index in [1.165, 1.54) is 12.5 Å². The Bertz CT molecular complexity index is 374. The van der Waals surface area contributed by atoms with E-state index in [9.17, 15) is 4.39 Å². The molecule has 2 nitrogen and oxygen atoms in total. The number of benzene rings is 1. The van der Waals surface area contributed by atoms with Crippen LogP contribution in [0.2, 0.25) is 0 Å². The molecule has 1 aromatic rings. The lowest BCUT2D eigenvalue weighted by Crippen LogP contribution is -2.44. The second kappa shape index (κ2) is 5.15. The highest BCUT2D eigenvalue weighted by Crippen LogP contribution is 2.36. The van der Waals surface area contributed by atoms with Crippen LogP contribution >= 0.6 is 0 Å². The molecule has 1 N–H and O–H groups in total. The molecule has 17 heavy (non-hydrogen) atoms. The molecule has 1 aliphatic rings. The highest BCUT2D eigenvalue weighted by Gasteiger charge is 2.36. The summed E-state index contributed by atoms with van der Waals surface area (Å²) in [6, 6.07) is 6.80. The molecule has 1 saturated heterocycles. The lowest BCUT2D eigenvalue weighted by Gasteiger charge is -2.40. The van der Waals surface area contributed by atoms with E-state index in [4.69, 9.17) is 4.74 Å². The Balaban J connectivity index is 2.26. The van der Waals surface area contributed by atoms with Gasteiger partial charge in [0, 0.05) is 6.61 Å². The number of hydrogen-bond donors (Lipinski definition) is 1. The number of likely N-dealkylation sites (N-methyl/N-ethyl adjacent to an activating group) is 1. The fraction of sp³-hybridized carbons (Fsp3) is 0.571. The van der Waals surface area contributed by atoms with Gasteiger partial charge in [-0.1, -0.05) is 12.1 Å². The highest BCUT2D eigenvalue weighted by molar-refractivity contribution is 5.23. The van der Waals surface area contributed by atoms with E-state index >= 15 is 0 Å². The van der Waals surface area contributed by atoms with Gasteiger partial charge in [0.05, 0.1) is 11.6 Å². The first kappa shape index (κ1) is 12.5. The van der Waals surface area contributed by atoms with Gasteiger partial charge in [-0.2, -0.15) is 0 Å². The van der Waals surface area contributed by atoms with Gasteiger partial charge in [0.15, 0.2) is 0 Å². The molecular weight excluding hydrogens is 217 g/mol. The third-order valence-corrected chi connectivity index (χ3v) is 3.58. The van der Waals surface area contributed by atoms with Crippen LogP contribution in [-0.2, 0) is 4.74 Å². The second-order valence-corrected chi connectivity index (χ2v) is 4.89. The number of rotatable bonds is 3. The minimum absolute atomic E-state index is 0.0403. The van der Waals surface area contributed by atoms with Gasteiger partial charge < -0.3 is 10.1 Å². The molecule has 0 saturated carbocycles. The Morgan fingerprint density at radius 2 is 2.24 bits per heavy atom. The smallest absolute Gasteiger partial charge is 0.123 e. The van der Waals surface area contributed by atoms with Gasteiger partial charge >= 0.3 is 0 Å². The monoisotopic (exact) mass is 237 g/mol. The van der Waals surface area contributed by atoms with E-state index in [0.29, 0.717) is 0 Å². The molecule has 2 rings (SSSR count). The van der Waals surface area contributed by atoms with Gasteiger partial charge in [0.1, 0.15) is 5.82 Å². The molecule has 1 heterocycles. The van der Waals surface area contributed by atoms with Crippen LogP contribution < -0.4 is 5.32 Å². The summed E-state index contributed by atoms with van der Waals surface area (Å²) in [5, 5.41) is 3.26. The Morgan fingerprint density at radius 1 is 1.41 bits per heavy atom. The number of hydrogen-bond acceptors (Lipinski definition) is 2. The Hall–Kier alpha value is -0.930. The van der Waals surface area contributed by atoms with Gasteiger partial charge in [-0.05, 0) is 50.9 Å². The first-order valence-electron chi connectivity index (χ1n) is 6.22. The molecule has 2 unspecified atom stereocenters. The SMILES string of the molecule is CNC(c1cccc(F)c1)C1(C)CCCCO1. The second-order valence-electron chi connectivity index (χ2n) is 4.89. The van der Waals surface area contributed by atoms with Crippen LogP contribution in [0.15, 0.2) is 24.3 Å². The van der Waals surface area contributed by atoms with Crippen molar-refractivity contribution in [2.24, 2.45) is 0 Å². The predicted octanol–water partition coefficient (Wildman–Crippen LogP) is 3.05. The van der Waals surface area contributed by atoms with Crippen molar-refractivity contribution in [3.8, 4) is 0 Å². The van der Waals surface area contributed by atoms with E-state index in [-0.39, 0.29) is 17.5 Å². The molecule has 2 atom stereocenters. The summed E-state index contributed by atoms with van der Waals surface area (Å²) in [6.07, 6.45) is 3.30. The average Bonchev–Trinajstić information content (AvgIpc) is 2.30. The van der Waals surface area contributed by atoms with Crippen molar-refractivity contribution in [2.75, 3.05) is 13.7 Å². The summed E-state index contributed by atoms with van der Waals surface area (Å²) in [5.41, 5.74) is 0.720. The highest BCUT2D eigenvalue weighted by atomic mass is 19.1. The number of halogens is 1. The van der Waals surface area contributed by atoms with Crippen molar-refractivity contribution >= 4 is 0 Å². The Kier molecular flexibility index (Phi) is 3.79. The molecule has 0 radical (unpaired) electrons. The quantitative estimate of drug-likeness (QED) is 0.872. The number of ether oxygens (including phenoxy) is 1. The van der Waals surface area contributed by atoms with E-state index < -0.39 is 0 Å². The molecular formula is C14H20FNO. The first-order valence-corrected chi connectivity index (χ1v) is 6.22. The third-order valence-electron chi connectivity index (χ3n) is 3.58. The van der Waals surface area contributed by atoms with E-state index in [2.05, 4.69) is 12.2 Å². The van der Waals surface area contributed by atoms with Crippen molar-refractivity contribution in [2.45, 2.75) is 37.8 Å². The number of nitrogens with one attached hydrogen (secondary N) is 1. The van der Waals surface area contributed by atoms with Crippen molar-refractivity contribution in [3.63, 3.8) is 0 Å². The molecule has 1 aromatic carbocycles. The van der Waals surface area contributed by atoms with Crippen LogP contribution in [0.25, 0.3) is 0 Å². The average molecular weight is 237 g/mol. The van der Waals surface area contributed by atoms with Crippen molar-refractivity contribution < 1.29 is 9.13 Å². The van der Waals surface area contributed by atoms with Crippen LogP contribution in [-0.4, -0.2) is 19.3 Å². The predicted molar refractivity (Wildman–Crippen MR) is 66.4 cm³/mol. The molecule has 94 valence electrons. The summed E-state index contributed by atoms with van der Waals surface area (Å²) < 4.78 is 19.2. The fourth-order valence-corrected chi connectivity index (χ4v) is 2.69. The summed E-state index contributed by atoms with van der Waals surface area (Å²) in [7, 11) is 1.90. The first-order chi connectivity index (χ1) is 8.15. The standard InChI is InChI=1S/C14H20FNO/c1-14(8-3-4-9-17-14)13(16-2)11-6-5-7-12(15)10-11/h5-7,10,13,16H,3-4,8-9H2,1-2H3. The normalized spacial score (nSPS) is 26.8. The molecule has 0 amide bonds. The van der Waals surface area contributed by atoms with Gasteiger partial charge in [0.25, 0.3) is 0 Å². The van der Waals surface area contributed by atoms with Gasteiger partial charge in [-0.25, -0.2) is 4.39 Å². The summed E-state index contributed by atoms with van der Waals surface area (Å²) in [5.74, 6) is -0.192. The lowest BCUT2D eigenvalue weighted by atomic mass is 9.84. The van der Waals surface area contributed by atoms with Crippen molar-refractivity contribution in [1.82, 2.24) is 5.32 Å². The van der Waals surface area contributed by atoms with Crippen LogP contribution in [0.1, 0.15) is 37.8 Å². The topological polar surface area (TPSA) is 21.3 Å². The van der Waals surface area contributed by atoms with Crippen LogP contribution in [0.3, 0.4) is 0 Å². The zero-order valence-corrected chi connectivity index (χ0v) is 10.5. The van der Waals surface area contributed by atoms with E-state index in [1.54, 1.807) is 12.1 Å². The van der Waals surface area contributed by atoms with Crippen LogP contribution in [0.5, 0.6) is 0 Å². The summed E-state index contributed by atoms with van der Waals surface area (Å²) in [6.45, 7) is 2.90. The minimum atomic E-state index is -0.235. The largest absolute Gasteiger partial charge is 0.373 e. The van der Waals surface area contributed by atoms with Crippen molar-refractivity contribution in [1.29, 1.82) is 0 Å². The molecule has 1 fully saturated rings. The molecule has 3 heteroatoms. The zero-order valence-electron chi connectivity index (χ0n) is 10.5. The lowest BCUT2D eigenvalue weighted by molar-refractivity contribution is -0.0885. The Morgan fingerprint density at radius 3 is 2.82 bits per heavy atom. The Labute approximate surface area is 102 Å². The van der Waals surface area contributed by atoms with Crippen LogP contribution in [0, 0.1) is 5.82 Å². The maximum atomic E-state index is 13.3. The molecule has 0 aliphatic carbocycles.